The summed E-state index contributed by atoms with van der Waals surface area (Å²) in [6, 6.07) is 5.95. The first-order valence-corrected chi connectivity index (χ1v) is 6.60. The molecule has 0 bridgehead atoms. The molecule has 0 aliphatic carbocycles. The standard InChI is InChI=1S/C14H12N4O4/c1-7-15-13-12(14(20)16-7)10(6-11(19)17-13)8-3-2-4-9(5-8)18(21)22/h2-5,10H,6H2,1H3,(H2,15,16,17,19,20)/t10-/m0/s1. The van der Waals surface area contributed by atoms with Gasteiger partial charge < -0.3 is 10.3 Å². The average Bonchev–Trinajstić information content (AvgIpc) is 2.45. The van der Waals surface area contributed by atoms with Crippen LogP contribution in [0.5, 0.6) is 0 Å². The minimum atomic E-state index is -0.555. The lowest BCUT2D eigenvalue weighted by molar-refractivity contribution is -0.384. The predicted molar refractivity (Wildman–Crippen MR) is 77.8 cm³/mol. The van der Waals surface area contributed by atoms with E-state index in [-0.39, 0.29) is 29.4 Å². The summed E-state index contributed by atoms with van der Waals surface area (Å²) in [5, 5.41) is 13.5. The third-order valence-electron chi connectivity index (χ3n) is 3.55. The molecule has 1 aliphatic rings. The number of carbonyl (C=O) groups excluding carboxylic acids is 1. The Morgan fingerprint density at radius 3 is 2.86 bits per heavy atom. The molecule has 0 saturated carbocycles. The second-order valence-electron chi connectivity index (χ2n) is 5.07. The van der Waals surface area contributed by atoms with Gasteiger partial charge in [-0.3, -0.25) is 19.7 Å². The molecule has 0 fully saturated rings. The zero-order chi connectivity index (χ0) is 15.9. The molecule has 1 aromatic heterocycles. The number of nitro groups is 1. The van der Waals surface area contributed by atoms with E-state index in [0.29, 0.717) is 17.0 Å². The maximum absolute atomic E-state index is 12.2. The first kappa shape index (κ1) is 13.9. The minimum Gasteiger partial charge on any atom is -0.310 e. The monoisotopic (exact) mass is 300 g/mol. The fraction of sp³-hybridized carbons (Fsp3) is 0.214. The SMILES string of the molecule is Cc1nc2c(c(=O)[nH]1)[C@H](c1cccc([N+](=O)[O-])c1)CC(=O)N2. The molecule has 112 valence electrons. The zero-order valence-electron chi connectivity index (χ0n) is 11.6. The van der Waals surface area contributed by atoms with Crippen molar-refractivity contribution < 1.29 is 9.72 Å². The Labute approximate surface area is 124 Å². The minimum absolute atomic E-state index is 0.0436. The van der Waals surface area contributed by atoms with E-state index >= 15 is 0 Å². The number of hydrogen-bond donors (Lipinski definition) is 2. The summed E-state index contributed by atoms with van der Waals surface area (Å²) in [6.07, 6.45) is 0.0436. The Morgan fingerprint density at radius 1 is 1.36 bits per heavy atom. The first-order chi connectivity index (χ1) is 10.5. The number of benzene rings is 1. The van der Waals surface area contributed by atoms with Crippen molar-refractivity contribution in [3.05, 3.63) is 61.7 Å². The number of rotatable bonds is 2. The van der Waals surface area contributed by atoms with Crippen LogP contribution in [0.15, 0.2) is 29.1 Å². The van der Waals surface area contributed by atoms with Crippen LogP contribution in [0.25, 0.3) is 0 Å². The van der Waals surface area contributed by atoms with Crippen molar-refractivity contribution in [3.63, 3.8) is 0 Å². The van der Waals surface area contributed by atoms with Crippen molar-refractivity contribution >= 4 is 17.4 Å². The normalized spacial score (nSPS) is 16.8. The van der Waals surface area contributed by atoms with E-state index < -0.39 is 10.8 Å². The number of fused-ring (bicyclic) bond motifs is 1. The highest BCUT2D eigenvalue weighted by molar-refractivity contribution is 5.94. The third-order valence-corrected chi connectivity index (χ3v) is 3.55. The predicted octanol–water partition coefficient (Wildman–Crippen LogP) is 1.46. The summed E-state index contributed by atoms with van der Waals surface area (Å²) in [6.45, 7) is 1.62. The van der Waals surface area contributed by atoms with Crippen molar-refractivity contribution in [2.75, 3.05) is 5.32 Å². The quantitative estimate of drug-likeness (QED) is 0.643. The molecule has 0 unspecified atom stereocenters. The van der Waals surface area contributed by atoms with Crippen molar-refractivity contribution in [2.24, 2.45) is 0 Å². The molecule has 0 spiro atoms. The van der Waals surface area contributed by atoms with Crippen LogP contribution in [-0.2, 0) is 4.79 Å². The van der Waals surface area contributed by atoms with Crippen LogP contribution in [0.2, 0.25) is 0 Å². The Hall–Kier alpha value is -3.03. The van der Waals surface area contributed by atoms with Crippen molar-refractivity contribution in [2.45, 2.75) is 19.3 Å². The molecule has 2 heterocycles. The molecular weight excluding hydrogens is 288 g/mol. The fourth-order valence-electron chi connectivity index (χ4n) is 2.62. The number of aryl methyl sites for hydroxylation is 1. The number of hydrogen-bond acceptors (Lipinski definition) is 5. The van der Waals surface area contributed by atoms with Gasteiger partial charge in [0, 0.05) is 24.5 Å². The van der Waals surface area contributed by atoms with Crippen LogP contribution >= 0.6 is 0 Å². The molecular formula is C14H12N4O4. The summed E-state index contributed by atoms with van der Waals surface area (Å²) in [4.78, 5) is 41.2. The number of anilines is 1. The maximum atomic E-state index is 12.2. The molecule has 22 heavy (non-hydrogen) atoms. The van der Waals surface area contributed by atoms with Crippen LogP contribution in [-0.4, -0.2) is 20.8 Å². The van der Waals surface area contributed by atoms with Gasteiger partial charge in [0.2, 0.25) is 5.91 Å². The van der Waals surface area contributed by atoms with Gasteiger partial charge in [-0.2, -0.15) is 0 Å². The molecule has 8 nitrogen and oxygen atoms in total. The second-order valence-corrected chi connectivity index (χ2v) is 5.07. The third kappa shape index (κ3) is 2.34. The number of nitro benzene ring substituents is 1. The Kier molecular flexibility index (Phi) is 3.21. The van der Waals surface area contributed by atoms with Gasteiger partial charge >= 0.3 is 0 Å². The highest BCUT2D eigenvalue weighted by atomic mass is 16.6. The second kappa shape index (κ2) is 5.06. The van der Waals surface area contributed by atoms with Crippen LogP contribution < -0.4 is 10.9 Å². The van der Waals surface area contributed by atoms with E-state index in [9.17, 15) is 19.7 Å². The number of aromatic nitrogens is 2. The maximum Gasteiger partial charge on any atom is 0.269 e. The number of nitrogens with one attached hydrogen (secondary N) is 2. The molecule has 3 rings (SSSR count). The Balaban J connectivity index is 2.17. The van der Waals surface area contributed by atoms with Crippen molar-refractivity contribution in [1.29, 1.82) is 0 Å². The van der Waals surface area contributed by atoms with Crippen LogP contribution in [0.3, 0.4) is 0 Å². The van der Waals surface area contributed by atoms with Crippen molar-refractivity contribution in [3.8, 4) is 0 Å². The highest BCUT2D eigenvalue weighted by Crippen LogP contribution is 2.34. The lowest BCUT2D eigenvalue weighted by atomic mass is 9.86. The number of nitrogens with zero attached hydrogens (tertiary/aromatic N) is 2. The molecule has 1 aliphatic heterocycles. The first-order valence-electron chi connectivity index (χ1n) is 6.60. The topological polar surface area (TPSA) is 118 Å². The summed E-state index contributed by atoms with van der Waals surface area (Å²) in [7, 11) is 0. The number of carbonyl (C=O) groups is 1. The van der Waals surface area contributed by atoms with Gasteiger partial charge in [-0.15, -0.1) is 0 Å². The average molecular weight is 300 g/mol. The van der Waals surface area contributed by atoms with Gasteiger partial charge in [0.25, 0.3) is 11.2 Å². The van der Waals surface area contributed by atoms with Gasteiger partial charge in [-0.1, -0.05) is 12.1 Å². The Morgan fingerprint density at radius 2 is 2.14 bits per heavy atom. The van der Waals surface area contributed by atoms with Gasteiger partial charge in [0.15, 0.2) is 0 Å². The van der Waals surface area contributed by atoms with Crippen molar-refractivity contribution in [1.82, 2.24) is 9.97 Å². The molecule has 1 aromatic carbocycles. The Bertz CT molecular complexity index is 843. The van der Waals surface area contributed by atoms with Gasteiger partial charge in [-0.05, 0) is 12.5 Å². The van der Waals surface area contributed by atoms with Gasteiger partial charge in [0.1, 0.15) is 11.6 Å². The molecule has 1 amide bonds. The van der Waals surface area contributed by atoms with E-state index in [0.717, 1.165) is 0 Å². The molecule has 2 aromatic rings. The van der Waals surface area contributed by atoms with Crippen LogP contribution in [0.1, 0.15) is 29.3 Å². The van der Waals surface area contributed by atoms with Crippen LogP contribution in [0.4, 0.5) is 11.5 Å². The van der Waals surface area contributed by atoms with E-state index in [2.05, 4.69) is 15.3 Å². The molecule has 2 N–H and O–H groups in total. The zero-order valence-corrected chi connectivity index (χ0v) is 11.6. The number of H-pyrrole nitrogens is 1. The van der Waals surface area contributed by atoms with E-state index in [1.807, 2.05) is 0 Å². The lowest BCUT2D eigenvalue weighted by Gasteiger charge is -2.24. The fourth-order valence-corrected chi connectivity index (χ4v) is 2.62. The summed E-state index contributed by atoms with van der Waals surface area (Å²) in [5.41, 5.74) is 0.438. The largest absolute Gasteiger partial charge is 0.310 e. The number of non-ortho nitro benzene ring substituents is 1. The highest BCUT2D eigenvalue weighted by Gasteiger charge is 2.31. The summed E-state index contributed by atoms with van der Waals surface area (Å²) < 4.78 is 0. The van der Waals surface area contributed by atoms with E-state index in [4.69, 9.17) is 0 Å². The van der Waals surface area contributed by atoms with E-state index in [1.165, 1.54) is 18.2 Å². The lowest BCUT2D eigenvalue weighted by Crippen LogP contribution is -2.31. The molecule has 1 atom stereocenters. The molecule has 0 saturated heterocycles. The van der Waals surface area contributed by atoms with Gasteiger partial charge in [-0.25, -0.2) is 4.98 Å². The van der Waals surface area contributed by atoms with Gasteiger partial charge in [0.05, 0.1) is 10.5 Å². The molecule has 0 radical (unpaired) electrons. The smallest absolute Gasteiger partial charge is 0.269 e. The molecule has 8 heteroatoms. The summed E-state index contributed by atoms with van der Waals surface area (Å²) >= 11 is 0. The summed E-state index contributed by atoms with van der Waals surface area (Å²) in [5.74, 6) is -0.222. The van der Waals surface area contributed by atoms with Crippen LogP contribution in [0, 0.1) is 17.0 Å². The van der Waals surface area contributed by atoms with E-state index in [1.54, 1.807) is 13.0 Å². The number of aromatic amines is 1. The number of amides is 1.